The fourth-order valence-electron chi connectivity index (χ4n) is 6.23. The standard InChI is InChI=1S/C11H11F2NO/c12-11(13)8-3-1-2-4-5(3)9(11)7(4)10(14-15)6(2)8/h2-9,15H,1H2. The third-order valence-electron chi connectivity index (χ3n) is 6.19. The van der Waals surface area contributed by atoms with Gasteiger partial charge in [0.25, 0.3) is 5.92 Å². The molecule has 2 nitrogen and oxygen atoms in total. The van der Waals surface area contributed by atoms with E-state index in [-0.39, 0.29) is 23.7 Å². The molecule has 0 aromatic carbocycles. The first-order valence-electron chi connectivity index (χ1n) is 5.77. The topological polar surface area (TPSA) is 32.6 Å². The van der Waals surface area contributed by atoms with Crippen LogP contribution in [0.3, 0.4) is 0 Å². The Bertz CT molecular complexity index is 421. The van der Waals surface area contributed by atoms with E-state index in [0.717, 1.165) is 12.1 Å². The summed E-state index contributed by atoms with van der Waals surface area (Å²) in [6.45, 7) is 0. The molecule has 8 unspecified atom stereocenters. The van der Waals surface area contributed by atoms with Gasteiger partial charge in [-0.05, 0) is 30.1 Å². The molecule has 8 atom stereocenters. The third kappa shape index (κ3) is 0.455. The molecule has 0 saturated heterocycles. The Labute approximate surface area is 85.3 Å². The normalized spacial score (nSPS) is 72.0. The Morgan fingerprint density at radius 3 is 2.67 bits per heavy atom. The summed E-state index contributed by atoms with van der Waals surface area (Å²) in [5.41, 5.74) is 0.738. The van der Waals surface area contributed by atoms with Gasteiger partial charge in [-0.3, -0.25) is 0 Å². The maximum atomic E-state index is 14.1. The molecule has 5 fully saturated rings. The largest absolute Gasteiger partial charge is 0.411 e. The predicted molar refractivity (Wildman–Crippen MR) is 46.7 cm³/mol. The van der Waals surface area contributed by atoms with Gasteiger partial charge in [0.15, 0.2) is 0 Å². The average Bonchev–Trinajstić information content (AvgIpc) is 2.61. The zero-order chi connectivity index (χ0) is 10.1. The summed E-state index contributed by atoms with van der Waals surface area (Å²) in [7, 11) is 0. The van der Waals surface area contributed by atoms with E-state index < -0.39 is 17.8 Å². The minimum absolute atomic E-state index is 0.0613. The van der Waals surface area contributed by atoms with Gasteiger partial charge in [-0.25, -0.2) is 8.78 Å². The molecule has 0 heterocycles. The van der Waals surface area contributed by atoms with Gasteiger partial charge in [-0.15, -0.1) is 0 Å². The summed E-state index contributed by atoms with van der Waals surface area (Å²) in [5, 5.41) is 12.4. The van der Waals surface area contributed by atoms with E-state index in [2.05, 4.69) is 5.16 Å². The van der Waals surface area contributed by atoms with Gasteiger partial charge < -0.3 is 5.21 Å². The third-order valence-corrected chi connectivity index (χ3v) is 6.19. The van der Waals surface area contributed by atoms with E-state index in [1.807, 2.05) is 0 Å². The van der Waals surface area contributed by atoms with Crippen LogP contribution in [0.5, 0.6) is 0 Å². The average molecular weight is 211 g/mol. The first-order chi connectivity index (χ1) is 7.18. The minimum atomic E-state index is -2.46. The van der Waals surface area contributed by atoms with E-state index in [9.17, 15) is 8.78 Å². The van der Waals surface area contributed by atoms with Crippen molar-refractivity contribution < 1.29 is 14.0 Å². The van der Waals surface area contributed by atoms with Gasteiger partial charge in [0, 0.05) is 23.7 Å². The monoisotopic (exact) mass is 211 g/mol. The van der Waals surface area contributed by atoms with Crippen LogP contribution in [0.25, 0.3) is 0 Å². The fraction of sp³-hybridized carbons (Fsp3) is 0.909. The van der Waals surface area contributed by atoms with Gasteiger partial charge in [0.05, 0.1) is 5.71 Å². The lowest BCUT2D eigenvalue weighted by Crippen LogP contribution is -2.53. The molecule has 0 aromatic rings. The van der Waals surface area contributed by atoms with Crippen molar-refractivity contribution in [3.63, 3.8) is 0 Å². The molecule has 1 N–H and O–H groups in total. The SMILES string of the molecule is ON=C1C2C3CC4C5C3C1C5C(F)(F)C42. The van der Waals surface area contributed by atoms with Gasteiger partial charge in [-0.1, -0.05) is 5.16 Å². The van der Waals surface area contributed by atoms with Crippen molar-refractivity contribution in [1.29, 1.82) is 0 Å². The minimum Gasteiger partial charge on any atom is -0.411 e. The van der Waals surface area contributed by atoms with Crippen LogP contribution in [0.1, 0.15) is 6.42 Å². The van der Waals surface area contributed by atoms with Crippen LogP contribution >= 0.6 is 0 Å². The Kier molecular flexibility index (Phi) is 0.869. The second-order valence-corrected chi connectivity index (χ2v) is 6.02. The molecule has 5 saturated carbocycles. The highest BCUT2D eigenvalue weighted by molar-refractivity contribution is 5.96. The fourth-order valence-corrected chi connectivity index (χ4v) is 6.23. The molecule has 80 valence electrons. The lowest BCUT2D eigenvalue weighted by atomic mass is 9.58. The Balaban J connectivity index is 1.83. The molecule has 2 bridgehead atoms. The highest BCUT2D eigenvalue weighted by Crippen LogP contribution is 2.85. The lowest BCUT2D eigenvalue weighted by Gasteiger charge is -2.46. The lowest BCUT2D eigenvalue weighted by molar-refractivity contribution is -0.131. The molecule has 0 amide bonds. The summed E-state index contributed by atoms with van der Waals surface area (Å²) in [4.78, 5) is 0. The van der Waals surface area contributed by atoms with Crippen LogP contribution < -0.4 is 0 Å². The Morgan fingerprint density at radius 2 is 1.93 bits per heavy atom. The van der Waals surface area contributed by atoms with Gasteiger partial charge in [0.1, 0.15) is 0 Å². The molecule has 0 radical (unpaired) electrons. The van der Waals surface area contributed by atoms with Crippen LogP contribution in [0.15, 0.2) is 5.16 Å². The van der Waals surface area contributed by atoms with Crippen LogP contribution in [-0.2, 0) is 0 Å². The molecular weight excluding hydrogens is 200 g/mol. The predicted octanol–water partition coefficient (Wildman–Crippen LogP) is 1.84. The van der Waals surface area contributed by atoms with E-state index in [1.54, 1.807) is 0 Å². The summed E-state index contributed by atoms with van der Waals surface area (Å²) in [6.07, 6.45) is 0.978. The number of oxime groups is 1. The molecular formula is C11H11F2NO. The van der Waals surface area contributed by atoms with Crippen LogP contribution in [0.4, 0.5) is 8.78 Å². The van der Waals surface area contributed by atoms with E-state index in [4.69, 9.17) is 5.21 Å². The second kappa shape index (κ2) is 1.72. The number of hydrogen-bond donors (Lipinski definition) is 1. The zero-order valence-corrected chi connectivity index (χ0v) is 7.98. The second-order valence-electron chi connectivity index (χ2n) is 6.02. The maximum absolute atomic E-state index is 14.1. The molecule has 5 rings (SSSR count). The van der Waals surface area contributed by atoms with E-state index in [1.165, 1.54) is 0 Å². The first kappa shape index (κ1) is 7.58. The molecule has 0 spiro atoms. The number of halogens is 2. The molecule has 15 heavy (non-hydrogen) atoms. The maximum Gasteiger partial charge on any atom is 0.255 e. The number of rotatable bonds is 0. The Hall–Kier alpha value is -0.670. The van der Waals surface area contributed by atoms with Crippen molar-refractivity contribution >= 4 is 5.71 Å². The number of fused-ring (bicyclic) bond motifs is 2. The number of alkyl halides is 2. The smallest absolute Gasteiger partial charge is 0.255 e. The first-order valence-corrected chi connectivity index (χ1v) is 5.77. The van der Waals surface area contributed by atoms with Crippen molar-refractivity contribution in [2.75, 3.05) is 0 Å². The van der Waals surface area contributed by atoms with Crippen LogP contribution in [0, 0.1) is 47.3 Å². The highest BCUT2D eigenvalue weighted by Gasteiger charge is 2.88. The van der Waals surface area contributed by atoms with Crippen molar-refractivity contribution in [2.45, 2.75) is 12.3 Å². The Morgan fingerprint density at radius 1 is 1.13 bits per heavy atom. The van der Waals surface area contributed by atoms with Crippen LogP contribution in [-0.4, -0.2) is 16.8 Å². The van der Waals surface area contributed by atoms with Gasteiger partial charge >= 0.3 is 0 Å². The molecule has 5 aliphatic rings. The molecule has 4 heteroatoms. The summed E-state index contributed by atoms with van der Waals surface area (Å²) < 4.78 is 28.1. The molecule has 0 aliphatic heterocycles. The van der Waals surface area contributed by atoms with E-state index in [0.29, 0.717) is 11.8 Å². The number of hydrogen-bond acceptors (Lipinski definition) is 2. The summed E-state index contributed by atoms with van der Waals surface area (Å²) >= 11 is 0. The van der Waals surface area contributed by atoms with Crippen LogP contribution in [0.2, 0.25) is 0 Å². The van der Waals surface area contributed by atoms with Crippen molar-refractivity contribution in [3.8, 4) is 0 Å². The summed E-state index contributed by atoms with van der Waals surface area (Å²) in [6, 6.07) is 0. The van der Waals surface area contributed by atoms with Gasteiger partial charge in [-0.2, -0.15) is 0 Å². The molecule has 0 aromatic heterocycles. The van der Waals surface area contributed by atoms with E-state index >= 15 is 0 Å². The highest BCUT2D eigenvalue weighted by atomic mass is 19.3. The zero-order valence-electron chi connectivity index (χ0n) is 7.98. The van der Waals surface area contributed by atoms with Crippen molar-refractivity contribution in [3.05, 3.63) is 0 Å². The van der Waals surface area contributed by atoms with Gasteiger partial charge in [0.2, 0.25) is 0 Å². The number of nitrogens with zero attached hydrogens (tertiary/aromatic N) is 1. The summed E-state index contributed by atoms with van der Waals surface area (Å²) in [5.74, 6) is -2.11. The quantitative estimate of drug-likeness (QED) is 0.481. The molecule has 5 aliphatic carbocycles. The van der Waals surface area contributed by atoms with Crippen molar-refractivity contribution in [1.82, 2.24) is 0 Å². The van der Waals surface area contributed by atoms with Crippen molar-refractivity contribution in [2.24, 2.45) is 52.5 Å².